The van der Waals surface area contributed by atoms with Crippen molar-refractivity contribution < 1.29 is 4.79 Å². The maximum absolute atomic E-state index is 12.4. The Morgan fingerprint density at radius 3 is 2.03 bits per heavy atom. The van der Waals surface area contributed by atoms with Crippen LogP contribution in [0.15, 0.2) is 96.7 Å². The fourth-order valence-electron chi connectivity index (χ4n) is 2.74. The average Bonchev–Trinajstić information content (AvgIpc) is 2.76. The number of nitriles is 1. The highest BCUT2D eigenvalue weighted by Crippen LogP contribution is 2.19. The first-order valence-corrected chi connectivity index (χ1v) is 9.30. The zero-order valence-electron chi connectivity index (χ0n) is 16.1. The molecule has 29 heavy (non-hydrogen) atoms. The lowest BCUT2D eigenvalue weighted by Gasteiger charge is -2.14. The number of hydrogen-bond donors (Lipinski definition) is 3. The number of carbonyl (C=O) groups is 1. The normalized spacial score (nSPS) is 11.8. The van der Waals surface area contributed by atoms with E-state index in [9.17, 15) is 10.1 Å². The van der Waals surface area contributed by atoms with Crippen molar-refractivity contribution in [3.05, 3.63) is 102 Å². The standard InChI is InChI=1S/C24H22N4O/c1-18(19-8-4-2-5-9-19)27-24(29)20(16-25)17-26-21-12-14-23(15-13-21)28-22-10-6-3-7-11-22/h2-15,17-18,26,28H,1H3,(H,27,29)/b20-17-. The summed E-state index contributed by atoms with van der Waals surface area (Å²) >= 11 is 0. The molecule has 3 N–H and O–H groups in total. The highest BCUT2D eigenvalue weighted by molar-refractivity contribution is 5.97. The molecule has 0 radical (unpaired) electrons. The average molecular weight is 382 g/mol. The second-order valence-corrected chi connectivity index (χ2v) is 6.49. The van der Waals surface area contributed by atoms with Gasteiger partial charge in [0, 0.05) is 23.3 Å². The second-order valence-electron chi connectivity index (χ2n) is 6.49. The minimum Gasteiger partial charge on any atom is -0.360 e. The van der Waals surface area contributed by atoms with Crippen LogP contribution in [0.25, 0.3) is 0 Å². The molecule has 0 aliphatic heterocycles. The van der Waals surface area contributed by atoms with E-state index in [2.05, 4.69) is 16.0 Å². The first-order chi connectivity index (χ1) is 14.2. The minimum atomic E-state index is -0.418. The molecule has 0 saturated carbocycles. The highest BCUT2D eigenvalue weighted by Gasteiger charge is 2.13. The molecule has 0 aromatic heterocycles. The summed E-state index contributed by atoms with van der Waals surface area (Å²) in [6.07, 6.45) is 1.42. The molecule has 0 aliphatic carbocycles. The number of nitrogens with zero attached hydrogens (tertiary/aromatic N) is 1. The Balaban J connectivity index is 1.59. The van der Waals surface area contributed by atoms with E-state index in [1.165, 1.54) is 6.20 Å². The van der Waals surface area contributed by atoms with Crippen molar-refractivity contribution >= 4 is 23.0 Å². The third kappa shape index (κ3) is 5.72. The van der Waals surface area contributed by atoms with Crippen molar-refractivity contribution in [1.29, 1.82) is 5.26 Å². The molecular formula is C24H22N4O. The third-order valence-corrected chi connectivity index (χ3v) is 4.34. The van der Waals surface area contributed by atoms with E-state index in [0.717, 1.165) is 22.6 Å². The number of anilines is 3. The predicted molar refractivity (Wildman–Crippen MR) is 116 cm³/mol. The maximum Gasteiger partial charge on any atom is 0.263 e. The molecule has 0 heterocycles. The van der Waals surface area contributed by atoms with Crippen LogP contribution in [0, 0.1) is 11.3 Å². The number of hydrogen-bond acceptors (Lipinski definition) is 4. The molecule has 1 amide bonds. The maximum atomic E-state index is 12.4. The van der Waals surface area contributed by atoms with Crippen LogP contribution in [-0.2, 0) is 4.79 Å². The van der Waals surface area contributed by atoms with Crippen molar-refractivity contribution in [2.45, 2.75) is 13.0 Å². The van der Waals surface area contributed by atoms with Crippen LogP contribution < -0.4 is 16.0 Å². The van der Waals surface area contributed by atoms with Crippen LogP contribution in [-0.4, -0.2) is 5.91 Å². The first kappa shape index (κ1) is 19.7. The summed E-state index contributed by atoms with van der Waals surface area (Å²) < 4.78 is 0. The number of nitrogens with one attached hydrogen (secondary N) is 3. The molecule has 5 heteroatoms. The zero-order chi connectivity index (χ0) is 20.5. The van der Waals surface area contributed by atoms with E-state index in [1.54, 1.807) is 0 Å². The molecule has 5 nitrogen and oxygen atoms in total. The van der Waals surface area contributed by atoms with Crippen molar-refractivity contribution in [3.63, 3.8) is 0 Å². The van der Waals surface area contributed by atoms with Gasteiger partial charge in [-0.2, -0.15) is 5.26 Å². The number of amides is 1. The van der Waals surface area contributed by atoms with Gasteiger partial charge >= 0.3 is 0 Å². The fraction of sp³-hybridized carbons (Fsp3) is 0.0833. The number of benzene rings is 3. The van der Waals surface area contributed by atoms with Gasteiger partial charge in [-0.1, -0.05) is 48.5 Å². The van der Waals surface area contributed by atoms with E-state index < -0.39 is 5.91 Å². The van der Waals surface area contributed by atoms with Crippen LogP contribution >= 0.6 is 0 Å². The van der Waals surface area contributed by atoms with Gasteiger partial charge in [0.1, 0.15) is 11.6 Å². The van der Waals surface area contributed by atoms with Crippen LogP contribution in [0.4, 0.5) is 17.1 Å². The topological polar surface area (TPSA) is 77.0 Å². The SMILES string of the molecule is CC(NC(=O)/C(C#N)=C\Nc1ccc(Nc2ccccc2)cc1)c1ccccc1. The molecule has 144 valence electrons. The van der Waals surface area contributed by atoms with Crippen molar-refractivity contribution in [3.8, 4) is 6.07 Å². The molecule has 3 rings (SSSR count). The van der Waals surface area contributed by atoms with Gasteiger partial charge in [0.25, 0.3) is 5.91 Å². The van der Waals surface area contributed by atoms with Crippen LogP contribution in [0.2, 0.25) is 0 Å². The Labute approximate surface area is 170 Å². The quantitative estimate of drug-likeness (QED) is 0.391. The summed E-state index contributed by atoms with van der Waals surface area (Å²) in [4.78, 5) is 12.4. The molecule has 0 fully saturated rings. The van der Waals surface area contributed by atoms with Crippen molar-refractivity contribution in [1.82, 2.24) is 5.32 Å². The molecule has 0 saturated heterocycles. The first-order valence-electron chi connectivity index (χ1n) is 9.30. The van der Waals surface area contributed by atoms with E-state index in [-0.39, 0.29) is 11.6 Å². The summed E-state index contributed by atoms with van der Waals surface area (Å²) in [5.41, 5.74) is 3.72. The Kier molecular flexibility index (Phi) is 6.64. The van der Waals surface area contributed by atoms with Gasteiger partial charge in [-0.3, -0.25) is 4.79 Å². The lowest BCUT2D eigenvalue weighted by atomic mass is 10.1. The molecule has 1 atom stereocenters. The largest absolute Gasteiger partial charge is 0.360 e. The highest BCUT2D eigenvalue weighted by atomic mass is 16.1. The van der Waals surface area contributed by atoms with E-state index in [1.807, 2.05) is 97.9 Å². The van der Waals surface area contributed by atoms with Gasteiger partial charge in [-0.05, 0) is 48.9 Å². The lowest BCUT2D eigenvalue weighted by Crippen LogP contribution is -2.28. The lowest BCUT2D eigenvalue weighted by molar-refractivity contribution is -0.117. The molecule has 0 spiro atoms. The number of carbonyl (C=O) groups excluding carboxylic acids is 1. The third-order valence-electron chi connectivity index (χ3n) is 4.34. The monoisotopic (exact) mass is 382 g/mol. The van der Waals surface area contributed by atoms with E-state index in [0.29, 0.717) is 0 Å². The molecule has 3 aromatic carbocycles. The second kappa shape index (κ2) is 9.77. The van der Waals surface area contributed by atoms with Crippen LogP contribution in [0.1, 0.15) is 18.5 Å². The van der Waals surface area contributed by atoms with Gasteiger partial charge in [0.15, 0.2) is 0 Å². The van der Waals surface area contributed by atoms with Gasteiger partial charge in [-0.25, -0.2) is 0 Å². The molecule has 0 bridgehead atoms. The smallest absolute Gasteiger partial charge is 0.263 e. The van der Waals surface area contributed by atoms with Crippen molar-refractivity contribution in [2.75, 3.05) is 10.6 Å². The predicted octanol–water partition coefficient (Wildman–Crippen LogP) is 5.13. The Morgan fingerprint density at radius 2 is 1.41 bits per heavy atom. The fourth-order valence-corrected chi connectivity index (χ4v) is 2.74. The Bertz CT molecular complexity index is 1010. The van der Waals surface area contributed by atoms with Crippen LogP contribution in [0.3, 0.4) is 0 Å². The van der Waals surface area contributed by atoms with Crippen molar-refractivity contribution in [2.24, 2.45) is 0 Å². The van der Waals surface area contributed by atoms with Crippen LogP contribution in [0.5, 0.6) is 0 Å². The molecule has 1 unspecified atom stereocenters. The summed E-state index contributed by atoms with van der Waals surface area (Å²) in [5.74, 6) is -0.418. The number of para-hydroxylation sites is 1. The molecule has 3 aromatic rings. The van der Waals surface area contributed by atoms with E-state index in [4.69, 9.17) is 0 Å². The molecule has 0 aliphatic rings. The Hall–Kier alpha value is -4.04. The van der Waals surface area contributed by atoms with E-state index >= 15 is 0 Å². The summed E-state index contributed by atoms with van der Waals surface area (Å²) in [6, 6.07) is 28.9. The summed E-state index contributed by atoms with van der Waals surface area (Å²) in [6.45, 7) is 1.88. The summed E-state index contributed by atoms with van der Waals surface area (Å²) in [5, 5.41) is 18.5. The van der Waals surface area contributed by atoms with Gasteiger partial charge < -0.3 is 16.0 Å². The van der Waals surface area contributed by atoms with Gasteiger partial charge in [0.2, 0.25) is 0 Å². The Morgan fingerprint density at radius 1 is 0.862 bits per heavy atom. The van der Waals surface area contributed by atoms with Gasteiger partial charge in [0.05, 0.1) is 6.04 Å². The number of rotatable bonds is 7. The van der Waals surface area contributed by atoms with Gasteiger partial charge in [-0.15, -0.1) is 0 Å². The summed E-state index contributed by atoms with van der Waals surface area (Å²) in [7, 11) is 0. The molecular weight excluding hydrogens is 360 g/mol. The minimum absolute atomic E-state index is 0.0132. The zero-order valence-corrected chi connectivity index (χ0v) is 16.1.